The van der Waals surface area contributed by atoms with E-state index in [4.69, 9.17) is 0 Å². The topological polar surface area (TPSA) is 64.0 Å². The SMILES string of the molecule is Cc1sc2nc(S[C@H](C)C(=O)Nc3ccc(F)cc3)n(C)c(=O)c2c1C. The second kappa shape index (κ2) is 7.20. The Morgan fingerprint density at radius 2 is 1.96 bits per heavy atom. The molecular formula is C18H18FN3O2S2. The van der Waals surface area contributed by atoms with Crippen LogP contribution in [0, 0.1) is 19.7 Å². The minimum atomic E-state index is -0.474. The van der Waals surface area contributed by atoms with Gasteiger partial charge >= 0.3 is 0 Å². The number of carbonyl (C=O) groups excluding carboxylic acids is 1. The number of hydrogen-bond donors (Lipinski definition) is 1. The molecule has 1 atom stereocenters. The van der Waals surface area contributed by atoms with E-state index in [1.807, 2.05) is 13.8 Å². The zero-order chi connectivity index (χ0) is 19.0. The molecule has 3 rings (SSSR count). The first-order valence-corrected chi connectivity index (χ1v) is 9.67. The van der Waals surface area contributed by atoms with E-state index in [9.17, 15) is 14.0 Å². The van der Waals surface area contributed by atoms with Gasteiger partial charge in [-0.3, -0.25) is 14.2 Å². The van der Waals surface area contributed by atoms with E-state index < -0.39 is 5.25 Å². The second-order valence-electron chi connectivity index (χ2n) is 5.98. The van der Waals surface area contributed by atoms with Gasteiger partial charge in [0.05, 0.1) is 10.6 Å². The first-order chi connectivity index (χ1) is 12.3. The van der Waals surface area contributed by atoms with Gasteiger partial charge in [-0.05, 0) is 50.6 Å². The fourth-order valence-corrected chi connectivity index (χ4v) is 4.39. The number of fused-ring (bicyclic) bond motifs is 1. The maximum absolute atomic E-state index is 13.0. The lowest BCUT2D eigenvalue weighted by Gasteiger charge is -2.13. The molecule has 0 bridgehead atoms. The number of halogens is 1. The quantitative estimate of drug-likeness (QED) is 0.542. The van der Waals surface area contributed by atoms with Crippen LogP contribution in [-0.4, -0.2) is 20.7 Å². The Bertz CT molecular complexity index is 1040. The Morgan fingerprint density at radius 3 is 2.62 bits per heavy atom. The number of hydrogen-bond acceptors (Lipinski definition) is 5. The van der Waals surface area contributed by atoms with Crippen molar-refractivity contribution in [3.8, 4) is 0 Å². The summed E-state index contributed by atoms with van der Waals surface area (Å²) in [6.07, 6.45) is 0. The average Bonchev–Trinajstić information content (AvgIpc) is 2.88. The molecule has 8 heteroatoms. The molecule has 0 spiro atoms. The van der Waals surface area contributed by atoms with Crippen molar-refractivity contribution in [2.45, 2.75) is 31.2 Å². The van der Waals surface area contributed by atoms with Gasteiger partial charge in [-0.25, -0.2) is 9.37 Å². The Morgan fingerprint density at radius 1 is 1.31 bits per heavy atom. The Kier molecular flexibility index (Phi) is 5.15. The summed E-state index contributed by atoms with van der Waals surface area (Å²) in [6.45, 7) is 5.63. The van der Waals surface area contributed by atoms with Crippen molar-refractivity contribution in [3.05, 3.63) is 50.9 Å². The largest absolute Gasteiger partial charge is 0.325 e. The van der Waals surface area contributed by atoms with Gasteiger partial charge in [-0.1, -0.05) is 11.8 Å². The third kappa shape index (κ3) is 3.52. The first kappa shape index (κ1) is 18.6. The van der Waals surface area contributed by atoms with E-state index >= 15 is 0 Å². The molecule has 3 aromatic rings. The molecule has 0 fully saturated rings. The molecule has 0 radical (unpaired) electrons. The van der Waals surface area contributed by atoms with Crippen LogP contribution in [-0.2, 0) is 11.8 Å². The Labute approximate surface area is 158 Å². The smallest absolute Gasteiger partial charge is 0.262 e. The van der Waals surface area contributed by atoms with Crippen molar-refractivity contribution < 1.29 is 9.18 Å². The van der Waals surface area contributed by atoms with Gasteiger partial charge < -0.3 is 5.32 Å². The summed E-state index contributed by atoms with van der Waals surface area (Å²) < 4.78 is 14.4. The van der Waals surface area contributed by atoms with E-state index in [1.54, 1.807) is 14.0 Å². The van der Waals surface area contributed by atoms with Gasteiger partial charge in [0.1, 0.15) is 10.6 Å². The van der Waals surface area contributed by atoms with Crippen molar-refractivity contribution in [2.24, 2.45) is 7.05 Å². The molecule has 26 heavy (non-hydrogen) atoms. The highest BCUT2D eigenvalue weighted by Crippen LogP contribution is 2.29. The van der Waals surface area contributed by atoms with Gasteiger partial charge in [0.2, 0.25) is 5.91 Å². The van der Waals surface area contributed by atoms with Crippen molar-refractivity contribution >= 4 is 44.9 Å². The molecule has 1 aromatic carbocycles. The van der Waals surface area contributed by atoms with Crippen LogP contribution in [0.25, 0.3) is 10.2 Å². The van der Waals surface area contributed by atoms with E-state index in [0.29, 0.717) is 21.1 Å². The molecule has 0 saturated carbocycles. The van der Waals surface area contributed by atoms with Crippen LogP contribution in [0.5, 0.6) is 0 Å². The molecule has 0 aliphatic heterocycles. The predicted octanol–water partition coefficient (Wildman–Crippen LogP) is 3.87. The fraction of sp³-hybridized carbons (Fsp3) is 0.278. The molecule has 0 aliphatic rings. The number of carbonyl (C=O) groups is 1. The summed E-state index contributed by atoms with van der Waals surface area (Å²) >= 11 is 2.70. The first-order valence-electron chi connectivity index (χ1n) is 7.97. The summed E-state index contributed by atoms with van der Waals surface area (Å²) in [6, 6.07) is 5.58. The number of thiophene rings is 1. The van der Waals surface area contributed by atoms with E-state index in [-0.39, 0.29) is 17.3 Å². The molecule has 0 saturated heterocycles. The minimum Gasteiger partial charge on any atom is -0.325 e. The minimum absolute atomic E-state index is 0.106. The van der Waals surface area contributed by atoms with Crippen LogP contribution < -0.4 is 10.9 Å². The number of thioether (sulfide) groups is 1. The van der Waals surface area contributed by atoms with Gasteiger partial charge in [0, 0.05) is 17.6 Å². The standard InChI is InChI=1S/C18H18FN3O2S2/c1-9-10(2)25-16-14(9)17(24)22(4)18(21-16)26-11(3)15(23)20-13-7-5-12(19)6-8-13/h5-8,11H,1-4H3,(H,20,23)/t11-/m1/s1. The number of benzene rings is 1. The number of rotatable bonds is 4. The average molecular weight is 391 g/mol. The lowest BCUT2D eigenvalue weighted by atomic mass is 10.2. The summed E-state index contributed by atoms with van der Waals surface area (Å²) in [5.74, 6) is -0.603. The van der Waals surface area contributed by atoms with Crippen LogP contribution in [0.15, 0.2) is 34.2 Å². The fourth-order valence-electron chi connectivity index (χ4n) is 2.45. The highest BCUT2D eigenvalue weighted by Gasteiger charge is 2.20. The maximum Gasteiger partial charge on any atom is 0.262 e. The summed E-state index contributed by atoms with van der Waals surface area (Å²) in [7, 11) is 1.66. The zero-order valence-corrected chi connectivity index (χ0v) is 16.4. The zero-order valence-electron chi connectivity index (χ0n) is 14.8. The molecule has 0 aliphatic carbocycles. The van der Waals surface area contributed by atoms with Crippen LogP contribution in [0.3, 0.4) is 0 Å². The molecule has 1 N–H and O–H groups in total. The number of anilines is 1. The van der Waals surface area contributed by atoms with Gasteiger partial charge in [-0.2, -0.15) is 0 Å². The van der Waals surface area contributed by atoms with Crippen LogP contribution in [0.1, 0.15) is 17.4 Å². The molecule has 2 aromatic heterocycles. The second-order valence-corrected chi connectivity index (χ2v) is 8.49. The van der Waals surface area contributed by atoms with E-state index in [2.05, 4.69) is 10.3 Å². The monoisotopic (exact) mass is 391 g/mol. The third-order valence-electron chi connectivity index (χ3n) is 4.13. The van der Waals surface area contributed by atoms with Gasteiger partial charge in [0.15, 0.2) is 5.16 Å². The Hall–Kier alpha value is -2.19. The maximum atomic E-state index is 13.0. The normalized spacial score (nSPS) is 12.3. The number of nitrogens with one attached hydrogen (secondary N) is 1. The van der Waals surface area contributed by atoms with Gasteiger partial charge in [0.25, 0.3) is 5.56 Å². The molecule has 2 heterocycles. The van der Waals surface area contributed by atoms with Crippen LogP contribution in [0.4, 0.5) is 10.1 Å². The van der Waals surface area contributed by atoms with Crippen molar-refractivity contribution in [2.75, 3.05) is 5.32 Å². The number of aromatic nitrogens is 2. The lowest BCUT2D eigenvalue weighted by Crippen LogP contribution is -2.25. The van der Waals surface area contributed by atoms with E-state index in [1.165, 1.54) is 51.9 Å². The van der Waals surface area contributed by atoms with Crippen LogP contribution >= 0.6 is 23.1 Å². The summed E-state index contributed by atoms with van der Waals surface area (Å²) in [5.41, 5.74) is 1.37. The van der Waals surface area contributed by atoms with Gasteiger partial charge in [-0.15, -0.1) is 11.3 Å². The van der Waals surface area contributed by atoms with E-state index in [0.717, 1.165) is 10.4 Å². The molecule has 0 unspecified atom stereocenters. The van der Waals surface area contributed by atoms with Crippen molar-refractivity contribution in [1.82, 2.24) is 9.55 Å². The molecular weight excluding hydrogens is 373 g/mol. The highest BCUT2D eigenvalue weighted by molar-refractivity contribution is 8.00. The van der Waals surface area contributed by atoms with Crippen LogP contribution in [0.2, 0.25) is 0 Å². The summed E-state index contributed by atoms with van der Waals surface area (Å²) in [4.78, 5) is 31.3. The third-order valence-corrected chi connectivity index (χ3v) is 6.38. The number of amides is 1. The Balaban J connectivity index is 1.83. The highest BCUT2D eigenvalue weighted by atomic mass is 32.2. The number of nitrogens with zero attached hydrogens (tertiary/aromatic N) is 2. The molecule has 136 valence electrons. The molecule has 5 nitrogen and oxygen atoms in total. The lowest BCUT2D eigenvalue weighted by molar-refractivity contribution is -0.115. The molecule has 1 amide bonds. The predicted molar refractivity (Wildman–Crippen MR) is 105 cm³/mol. The number of aryl methyl sites for hydroxylation is 2. The summed E-state index contributed by atoms with van der Waals surface area (Å²) in [5, 5.41) is 3.39. The van der Waals surface area contributed by atoms with Crippen molar-refractivity contribution in [1.29, 1.82) is 0 Å². The van der Waals surface area contributed by atoms with Crippen molar-refractivity contribution in [3.63, 3.8) is 0 Å².